The molecule has 0 bridgehead atoms. The number of aromatic amines is 1. The van der Waals surface area contributed by atoms with E-state index in [1.165, 1.54) is 35.2 Å². The van der Waals surface area contributed by atoms with Crippen molar-refractivity contribution in [2.75, 3.05) is 31.5 Å². The molecule has 3 N–H and O–H groups in total. The number of nitrogens with zero attached hydrogens (tertiary/aromatic N) is 2. The Hall–Kier alpha value is -3.39. The Morgan fingerprint density at radius 1 is 0.971 bits per heavy atom. The lowest BCUT2D eigenvalue weighted by Gasteiger charge is -2.41. The number of carboxylic acid groups (broad SMARTS) is 1. The molecule has 2 aromatic carbocycles. The number of carbonyl (C=O) groups is 2. The summed E-state index contributed by atoms with van der Waals surface area (Å²) in [5.41, 5.74) is 3.01. The number of urea groups is 1. The number of carbonyl (C=O) groups excluding carboxylic acids is 1. The molecule has 2 aliphatic rings. The number of hydrogen-bond donors (Lipinski definition) is 3. The first-order chi connectivity index (χ1) is 17.0. The Balaban J connectivity index is 1.17. The fourth-order valence-electron chi connectivity index (χ4n) is 5.73. The van der Waals surface area contributed by atoms with Crippen LogP contribution in [0.4, 0.5) is 14.9 Å². The molecule has 1 aromatic heterocycles. The van der Waals surface area contributed by atoms with Crippen molar-refractivity contribution in [3.63, 3.8) is 0 Å². The molecule has 7 nitrogen and oxygen atoms in total. The predicted octanol–water partition coefficient (Wildman–Crippen LogP) is 4.88. The van der Waals surface area contributed by atoms with Crippen LogP contribution in [0.5, 0.6) is 0 Å². The van der Waals surface area contributed by atoms with Crippen LogP contribution in [0.25, 0.3) is 10.9 Å². The monoisotopic (exact) mass is 478 g/mol. The number of H-pyrrole nitrogens is 1. The van der Waals surface area contributed by atoms with Gasteiger partial charge < -0.3 is 20.3 Å². The molecule has 2 fully saturated rings. The lowest BCUT2D eigenvalue weighted by atomic mass is 9.84. The zero-order valence-corrected chi connectivity index (χ0v) is 19.6. The zero-order chi connectivity index (χ0) is 24.4. The second-order valence-electron chi connectivity index (χ2n) is 9.64. The van der Waals surface area contributed by atoms with Gasteiger partial charge in [-0.25, -0.2) is 9.18 Å². The number of halogens is 1. The van der Waals surface area contributed by atoms with Gasteiger partial charge >= 0.3 is 12.0 Å². The summed E-state index contributed by atoms with van der Waals surface area (Å²) < 4.78 is 13.1. The lowest BCUT2D eigenvalue weighted by Crippen LogP contribution is -2.52. The number of aromatic nitrogens is 1. The molecule has 35 heavy (non-hydrogen) atoms. The van der Waals surface area contributed by atoms with E-state index >= 15 is 0 Å². The van der Waals surface area contributed by atoms with Crippen LogP contribution in [0.2, 0.25) is 0 Å². The number of piperidine rings is 2. The van der Waals surface area contributed by atoms with E-state index in [2.05, 4.69) is 39.6 Å². The van der Waals surface area contributed by atoms with Gasteiger partial charge in [0.15, 0.2) is 0 Å². The summed E-state index contributed by atoms with van der Waals surface area (Å²) in [6.07, 6.45) is 5.27. The smallest absolute Gasteiger partial charge is 0.321 e. The third-order valence-corrected chi connectivity index (χ3v) is 7.61. The number of anilines is 1. The molecule has 0 aliphatic carbocycles. The van der Waals surface area contributed by atoms with Crippen molar-refractivity contribution in [3.05, 3.63) is 66.1 Å². The normalized spacial score (nSPS) is 19.1. The Bertz CT molecular complexity index is 1180. The zero-order valence-electron chi connectivity index (χ0n) is 19.6. The number of likely N-dealkylation sites (tertiary alicyclic amines) is 2. The molecule has 8 heteroatoms. The first-order valence-corrected chi connectivity index (χ1v) is 12.3. The van der Waals surface area contributed by atoms with E-state index in [4.69, 9.17) is 0 Å². The van der Waals surface area contributed by atoms with Gasteiger partial charge in [-0.3, -0.25) is 9.69 Å². The highest BCUT2D eigenvalue weighted by Gasteiger charge is 2.38. The van der Waals surface area contributed by atoms with Crippen molar-refractivity contribution in [1.29, 1.82) is 0 Å². The van der Waals surface area contributed by atoms with Crippen LogP contribution in [0.1, 0.15) is 37.2 Å². The van der Waals surface area contributed by atoms with Gasteiger partial charge in [0.1, 0.15) is 11.9 Å². The summed E-state index contributed by atoms with van der Waals surface area (Å²) in [7, 11) is 0. The van der Waals surface area contributed by atoms with E-state index in [1.54, 1.807) is 4.90 Å². The van der Waals surface area contributed by atoms with Crippen LogP contribution >= 0.6 is 0 Å². The van der Waals surface area contributed by atoms with E-state index in [1.807, 2.05) is 6.07 Å². The standard InChI is InChI=1S/C27H31FN4O3/c28-20-5-7-21(8-6-20)30-27(35)32-15-11-19(12-16-32)25(26(33)34)31-13-9-18(10-14-31)23-17-29-24-4-2-1-3-22(23)24/h1-8,17-19,25,29H,9-16H2,(H,30,35)(H,33,34). The van der Waals surface area contributed by atoms with Crippen LogP contribution < -0.4 is 5.32 Å². The molecule has 0 saturated carbocycles. The van der Waals surface area contributed by atoms with Gasteiger partial charge in [0.25, 0.3) is 0 Å². The molecule has 184 valence electrons. The molecular weight excluding hydrogens is 447 g/mol. The van der Waals surface area contributed by atoms with E-state index < -0.39 is 12.0 Å². The average Bonchev–Trinajstić information content (AvgIpc) is 3.30. The topological polar surface area (TPSA) is 88.7 Å². The third-order valence-electron chi connectivity index (χ3n) is 7.61. The largest absolute Gasteiger partial charge is 0.480 e. The summed E-state index contributed by atoms with van der Waals surface area (Å²) in [5, 5.41) is 14.1. The maximum absolute atomic E-state index is 13.1. The molecular formula is C27H31FN4O3. The number of amides is 2. The Morgan fingerprint density at radius 2 is 1.66 bits per heavy atom. The Labute approximate surface area is 203 Å². The number of carboxylic acids is 1. The first kappa shape index (κ1) is 23.4. The van der Waals surface area contributed by atoms with Crippen LogP contribution in [-0.4, -0.2) is 64.1 Å². The highest BCUT2D eigenvalue weighted by molar-refractivity contribution is 5.89. The minimum absolute atomic E-state index is 0.00649. The number of benzene rings is 2. The van der Waals surface area contributed by atoms with Crippen LogP contribution in [0.15, 0.2) is 54.7 Å². The summed E-state index contributed by atoms with van der Waals surface area (Å²) in [6.45, 7) is 2.53. The van der Waals surface area contributed by atoms with Gasteiger partial charge in [0, 0.05) is 35.9 Å². The van der Waals surface area contributed by atoms with Gasteiger partial charge in [-0.2, -0.15) is 0 Å². The molecule has 5 rings (SSSR count). The van der Waals surface area contributed by atoms with E-state index in [0.29, 0.717) is 37.5 Å². The van der Waals surface area contributed by atoms with Gasteiger partial charge in [-0.1, -0.05) is 18.2 Å². The molecule has 1 atom stereocenters. The lowest BCUT2D eigenvalue weighted by molar-refractivity contribution is -0.146. The number of fused-ring (bicyclic) bond motifs is 1. The number of nitrogens with one attached hydrogen (secondary N) is 2. The summed E-state index contributed by atoms with van der Waals surface area (Å²) in [6, 6.07) is 13.2. The Kier molecular flexibility index (Phi) is 6.72. The maximum atomic E-state index is 13.1. The van der Waals surface area contributed by atoms with Crippen molar-refractivity contribution in [3.8, 4) is 0 Å². The minimum Gasteiger partial charge on any atom is -0.480 e. The van der Waals surface area contributed by atoms with Crippen molar-refractivity contribution < 1.29 is 19.1 Å². The van der Waals surface area contributed by atoms with E-state index in [-0.39, 0.29) is 17.8 Å². The summed E-state index contributed by atoms with van der Waals surface area (Å²) in [5.74, 6) is -0.695. The van der Waals surface area contributed by atoms with Crippen LogP contribution in [0.3, 0.4) is 0 Å². The second-order valence-corrected chi connectivity index (χ2v) is 9.64. The molecule has 1 unspecified atom stereocenters. The van der Waals surface area contributed by atoms with Gasteiger partial charge in [0.05, 0.1) is 0 Å². The molecule has 2 aliphatic heterocycles. The summed E-state index contributed by atoms with van der Waals surface area (Å²) in [4.78, 5) is 32.1. The first-order valence-electron chi connectivity index (χ1n) is 12.3. The molecule has 2 amide bonds. The second kappa shape index (κ2) is 10.1. The number of para-hydroxylation sites is 1. The summed E-state index contributed by atoms with van der Waals surface area (Å²) >= 11 is 0. The van der Waals surface area contributed by atoms with Crippen LogP contribution in [0, 0.1) is 11.7 Å². The number of aliphatic carboxylic acids is 1. The van der Waals surface area contributed by atoms with Crippen molar-refractivity contribution in [1.82, 2.24) is 14.8 Å². The highest BCUT2D eigenvalue weighted by atomic mass is 19.1. The average molecular weight is 479 g/mol. The van der Waals surface area contributed by atoms with Gasteiger partial charge in [-0.15, -0.1) is 0 Å². The van der Waals surface area contributed by atoms with Crippen molar-refractivity contribution in [2.45, 2.75) is 37.6 Å². The van der Waals surface area contributed by atoms with Crippen molar-refractivity contribution in [2.24, 2.45) is 5.92 Å². The van der Waals surface area contributed by atoms with Gasteiger partial charge in [0.2, 0.25) is 0 Å². The number of hydrogen-bond acceptors (Lipinski definition) is 3. The molecule has 0 spiro atoms. The minimum atomic E-state index is -0.773. The van der Waals surface area contributed by atoms with Crippen LogP contribution in [-0.2, 0) is 4.79 Å². The van der Waals surface area contributed by atoms with Crippen molar-refractivity contribution >= 4 is 28.6 Å². The Morgan fingerprint density at radius 3 is 2.34 bits per heavy atom. The molecule has 3 heterocycles. The molecule has 3 aromatic rings. The number of rotatable bonds is 5. The molecule has 0 radical (unpaired) electrons. The van der Waals surface area contributed by atoms with E-state index in [9.17, 15) is 19.1 Å². The maximum Gasteiger partial charge on any atom is 0.321 e. The predicted molar refractivity (Wildman–Crippen MR) is 133 cm³/mol. The van der Waals surface area contributed by atoms with Gasteiger partial charge in [-0.05, 0) is 86.5 Å². The molecule has 2 saturated heterocycles. The quantitative estimate of drug-likeness (QED) is 0.488. The highest BCUT2D eigenvalue weighted by Crippen LogP contribution is 2.35. The SMILES string of the molecule is O=C(O)C(C1CCN(C(=O)Nc2ccc(F)cc2)CC1)N1CCC(c2c[nH]c3ccccc23)CC1. The fourth-order valence-corrected chi connectivity index (χ4v) is 5.73. The van der Waals surface area contributed by atoms with E-state index in [0.717, 1.165) is 31.4 Å². The fraction of sp³-hybridized carbons (Fsp3) is 0.407. The third kappa shape index (κ3) is 5.03.